The van der Waals surface area contributed by atoms with Crippen molar-refractivity contribution in [3.63, 3.8) is 0 Å². The quantitative estimate of drug-likeness (QED) is 0.322. The molecule has 4 heterocycles. The molecule has 2 aliphatic heterocycles. The van der Waals surface area contributed by atoms with E-state index in [0.717, 1.165) is 54.1 Å². The van der Waals surface area contributed by atoms with Crippen molar-refractivity contribution in [1.82, 2.24) is 19.2 Å². The molecule has 0 saturated carbocycles. The summed E-state index contributed by atoms with van der Waals surface area (Å²) in [6.07, 6.45) is 5.64. The summed E-state index contributed by atoms with van der Waals surface area (Å²) in [5.41, 5.74) is 4.47. The molecule has 9 heteroatoms. The molecular weight excluding hydrogens is 502 g/mol. The van der Waals surface area contributed by atoms with E-state index in [1.165, 1.54) is 12.1 Å². The molecule has 0 aliphatic carbocycles. The highest BCUT2D eigenvalue weighted by Crippen LogP contribution is 2.36. The molecule has 6 rings (SSSR count). The molecule has 2 unspecified atom stereocenters. The number of amides is 1. The Morgan fingerprint density at radius 2 is 1.95 bits per heavy atom. The van der Waals surface area contributed by atoms with Gasteiger partial charge in [-0.05, 0) is 69.0 Å². The van der Waals surface area contributed by atoms with Gasteiger partial charge in [0, 0.05) is 66.6 Å². The predicted molar refractivity (Wildman–Crippen MR) is 143 cm³/mol. The summed E-state index contributed by atoms with van der Waals surface area (Å²) < 4.78 is 43.2. The van der Waals surface area contributed by atoms with Gasteiger partial charge in [-0.3, -0.25) is 9.48 Å². The molecule has 4 aromatic rings. The van der Waals surface area contributed by atoms with Crippen LogP contribution in [0.5, 0.6) is 0 Å². The number of aryl methyl sites for hydroxylation is 1. The van der Waals surface area contributed by atoms with Crippen molar-refractivity contribution >= 4 is 16.8 Å². The summed E-state index contributed by atoms with van der Waals surface area (Å²) in [6.45, 7) is 4.48. The molecule has 2 aliphatic rings. The van der Waals surface area contributed by atoms with Crippen LogP contribution in [0.15, 0.2) is 48.7 Å². The first-order valence-corrected chi connectivity index (χ1v) is 13.5. The lowest BCUT2D eigenvalue weighted by Gasteiger charge is -2.33. The number of fused-ring (bicyclic) bond motifs is 2. The lowest BCUT2D eigenvalue weighted by atomic mass is 9.95. The Labute approximate surface area is 225 Å². The Morgan fingerprint density at radius 3 is 2.72 bits per heavy atom. The molecule has 39 heavy (non-hydrogen) atoms. The lowest BCUT2D eigenvalue weighted by molar-refractivity contribution is -0.163. The Kier molecular flexibility index (Phi) is 6.95. The van der Waals surface area contributed by atoms with Gasteiger partial charge in [0.25, 0.3) is 5.91 Å². The van der Waals surface area contributed by atoms with E-state index in [2.05, 4.69) is 9.67 Å². The Bertz CT molecular complexity index is 1500. The molecule has 1 saturated heterocycles. The van der Waals surface area contributed by atoms with Crippen LogP contribution in [-0.2, 0) is 29.5 Å². The fraction of sp³-hybridized carbons (Fsp3) is 0.400. The maximum absolute atomic E-state index is 13.9. The fourth-order valence-electron chi connectivity index (χ4n) is 5.89. The molecular formula is C30H32F2N4O3. The first-order chi connectivity index (χ1) is 18.9. The van der Waals surface area contributed by atoms with E-state index in [9.17, 15) is 13.6 Å². The Morgan fingerprint density at radius 1 is 1.13 bits per heavy atom. The predicted octanol–water partition coefficient (Wildman–Crippen LogP) is 5.62. The summed E-state index contributed by atoms with van der Waals surface area (Å²) in [5, 5.41) is 5.66. The molecule has 0 bridgehead atoms. The minimum absolute atomic E-state index is 0.0652. The molecule has 1 fully saturated rings. The van der Waals surface area contributed by atoms with Crippen molar-refractivity contribution in [2.24, 2.45) is 7.05 Å². The summed E-state index contributed by atoms with van der Waals surface area (Å²) in [5.74, 6) is -1.32. The van der Waals surface area contributed by atoms with Gasteiger partial charge in [0.1, 0.15) is 11.6 Å². The molecule has 0 N–H and O–H groups in total. The van der Waals surface area contributed by atoms with E-state index in [4.69, 9.17) is 9.47 Å². The van der Waals surface area contributed by atoms with Gasteiger partial charge in [0.2, 0.25) is 0 Å². The van der Waals surface area contributed by atoms with Crippen molar-refractivity contribution in [2.45, 2.75) is 51.5 Å². The molecule has 204 valence electrons. The van der Waals surface area contributed by atoms with E-state index in [-0.39, 0.29) is 18.2 Å². The number of ether oxygens (including phenoxy) is 2. The second-order valence-corrected chi connectivity index (χ2v) is 10.4. The van der Waals surface area contributed by atoms with E-state index in [1.54, 1.807) is 11.7 Å². The number of carbonyl (C=O) groups excluding carboxylic acids is 1. The first kappa shape index (κ1) is 25.7. The van der Waals surface area contributed by atoms with Crippen LogP contribution in [0.1, 0.15) is 53.8 Å². The monoisotopic (exact) mass is 534 g/mol. The first-order valence-electron chi connectivity index (χ1n) is 13.5. The average Bonchev–Trinajstić information content (AvgIpc) is 3.49. The highest BCUT2D eigenvalue weighted by Gasteiger charge is 2.33. The van der Waals surface area contributed by atoms with Crippen LogP contribution in [0.2, 0.25) is 0 Å². The SMILES string of the molecule is CC1c2nn(C)c(-c3cc(F)cc(F)c3)c2CCN1C(=O)c1ccc2c(ccn2CCOC2CCCCO2)c1. The summed E-state index contributed by atoms with van der Waals surface area (Å²) in [4.78, 5) is 15.4. The summed E-state index contributed by atoms with van der Waals surface area (Å²) in [7, 11) is 1.77. The van der Waals surface area contributed by atoms with Crippen LogP contribution in [0.3, 0.4) is 0 Å². The zero-order chi connectivity index (χ0) is 27.1. The van der Waals surface area contributed by atoms with Gasteiger partial charge in [-0.2, -0.15) is 5.10 Å². The van der Waals surface area contributed by atoms with E-state index >= 15 is 0 Å². The highest BCUT2D eigenvalue weighted by atomic mass is 19.1. The van der Waals surface area contributed by atoms with E-state index in [0.29, 0.717) is 42.9 Å². The zero-order valence-corrected chi connectivity index (χ0v) is 22.2. The van der Waals surface area contributed by atoms with Crippen LogP contribution < -0.4 is 0 Å². The summed E-state index contributed by atoms with van der Waals surface area (Å²) >= 11 is 0. The van der Waals surface area contributed by atoms with Gasteiger partial charge < -0.3 is 18.9 Å². The van der Waals surface area contributed by atoms with E-state index in [1.807, 2.05) is 42.3 Å². The third kappa shape index (κ3) is 4.96. The standard InChI is InChI=1S/C30H32F2N4O3/c1-19-28-25(29(34(2)33-28)22-16-23(31)18-24(32)17-22)9-11-36(19)30(37)21-6-7-26-20(15-21)8-10-35(26)12-14-39-27-5-3-4-13-38-27/h6-8,10,15-19,27H,3-5,9,11-14H2,1-2H3. The minimum atomic E-state index is -0.629. The van der Waals surface area contributed by atoms with E-state index < -0.39 is 11.6 Å². The van der Waals surface area contributed by atoms with Crippen LogP contribution in [0.25, 0.3) is 22.2 Å². The van der Waals surface area contributed by atoms with Gasteiger partial charge in [0.15, 0.2) is 6.29 Å². The van der Waals surface area contributed by atoms with Gasteiger partial charge in [0.05, 0.1) is 24.0 Å². The minimum Gasteiger partial charge on any atom is -0.353 e. The number of hydrogen-bond donors (Lipinski definition) is 0. The van der Waals surface area contributed by atoms with Gasteiger partial charge >= 0.3 is 0 Å². The van der Waals surface area contributed by atoms with Crippen LogP contribution in [0.4, 0.5) is 8.78 Å². The number of carbonyl (C=O) groups is 1. The maximum atomic E-state index is 13.9. The van der Waals surface area contributed by atoms with Gasteiger partial charge in [-0.25, -0.2) is 8.78 Å². The second kappa shape index (κ2) is 10.5. The number of halogens is 2. The highest BCUT2D eigenvalue weighted by molar-refractivity contribution is 5.98. The lowest BCUT2D eigenvalue weighted by Crippen LogP contribution is -2.38. The molecule has 0 spiro atoms. The summed E-state index contributed by atoms with van der Waals surface area (Å²) in [6, 6.07) is 11.0. The average molecular weight is 535 g/mol. The second-order valence-electron chi connectivity index (χ2n) is 10.4. The van der Waals surface area contributed by atoms with Crippen LogP contribution in [0, 0.1) is 11.6 Å². The number of nitrogens with zero attached hydrogens (tertiary/aromatic N) is 4. The molecule has 2 atom stereocenters. The largest absolute Gasteiger partial charge is 0.353 e. The van der Waals surface area contributed by atoms with Crippen molar-refractivity contribution in [3.8, 4) is 11.3 Å². The zero-order valence-electron chi connectivity index (χ0n) is 22.2. The number of benzene rings is 2. The molecule has 2 aromatic heterocycles. The molecule has 0 radical (unpaired) electrons. The van der Waals surface area contributed by atoms with Crippen molar-refractivity contribution < 1.29 is 23.0 Å². The molecule has 1 amide bonds. The number of rotatable bonds is 6. The van der Waals surface area contributed by atoms with Crippen molar-refractivity contribution in [2.75, 3.05) is 19.8 Å². The van der Waals surface area contributed by atoms with Crippen LogP contribution >= 0.6 is 0 Å². The number of aromatic nitrogens is 3. The normalized spacial score (nSPS) is 19.4. The third-order valence-electron chi connectivity index (χ3n) is 7.83. The smallest absolute Gasteiger partial charge is 0.254 e. The Balaban J connectivity index is 1.18. The van der Waals surface area contributed by atoms with Crippen molar-refractivity contribution in [3.05, 3.63) is 77.1 Å². The molecule has 7 nitrogen and oxygen atoms in total. The number of hydrogen-bond acceptors (Lipinski definition) is 4. The topological polar surface area (TPSA) is 61.5 Å². The molecule has 2 aromatic carbocycles. The third-order valence-corrected chi connectivity index (χ3v) is 7.83. The van der Waals surface area contributed by atoms with Gasteiger partial charge in [-0.15, -0.1) is 0 Å². The fourth-order valence-corrected chi connectivity index (χ4v) is 5.89. The Hall–Kier alpha value is -3.56. The van der Waals surface area contributed by atoms with Crippen molar-refractivity contribution in [1.29, 1.82) is 0 Å². The maximum Gasteiger partial charge on any atom is 0.254 e. The van der Waals surface area contributed by atoms with Crippen LogP contribution in [-0.4, -0.2) is 51.2 Å². The van der Waals surface area contributed by atoms with Gasteiger partial charge in [-0.1, -0.05) is 0 Å².